The van der Waals surface area contributed by atoms with Crippen LogP contribution in [0.1, 0.15) is 50.4 Å². The standard InChI is InChI=1S/C21H32N2P2/c1-2-21(24-17-9-5-13-19-11-3-7-15-22-19)25-18-10-6-14-20-12-4-8-16-23-20/h3-4,7-8,11-12,15-16,21,24-25H,2,5-6,9-10,13-14,17-18H2,1H3. The Kier molecular flexibility index (Phi) is 11.0. The first-order chi connectivity index (χ1) is 12.4. The zero-order chi connectivity index (χ0) is 17.6. The van der Waals surface area contributed by atoms with Crippen molar-refractivity contribution in [2.45, 2.75) is 57.3 Å². The van der Waals surface area contributed by atoms with E-state index in [0.29, 0.717) is 0 Å². The average Bonchev–Trinajstić information content (AvgIpc) is 2.67. The van der Waals surface area contributed by atoms with Gasteiger partial charge in [0.1, 0.15) is 0 Å². The van der Waals surface area contributed by atoms with Crippen molar-refractivity contribution in [3.05, 3.63) is 60.2 Å². The maximum absolute atomic E-state index is 4.41. The second kappa shape index (κ2) is 13.4. The van der Waals surface area contributed by atoms with Crippen molar-refractivity contribution in [1.82, 2.24) is 9.97 Å². The molecule has 0 aromatic carbocycles. The van der Waals surface area contributed by atoms with Gasteiger partial charge in [-0.2, -0.15) is 0 Å². The van der Waals surface area contributed by atoms with Gasteiger partial charge in [0.25, 0.3) is 0 Å². The van der Waals surface area contributed by atoms with E-state index in [-0.39, 0.29) is 0 Å². The van der Waals surface area contributed by atoms with Crippen molar-refractivity contribution in [3.8, 4) is 0 Å². The van der Waals surface area contributed by atoms with E-state index in [9.17, 15) is 0 Å². The molecule has 2 unspecified atom stereocenters. The summed E-state index contributed by atoms with van der Waals surface area (Å²) >= 11 is 0. The van der Waals surface area contributed by atoms with Crippen molar-refractivity contribution in [2.75, 3.05) is 12.3 Å². The highest BCUT2D eigenvalue weighted by Crippen LogP contribution is 2.37. The maximum Gasteiger partial charge on any atom is 0.0403 e. The number of hydrogen-bond acceptors (Lipinski definition) is 2. The molecule has 0 N–H and O–H groups in total. The molecule has 0 saturated carbocycles. The third-order valence-electron chi connectivity index (χ3n) is 4.36. The Labute approximate surface area is 157 Å². The van der Waals surface area contributed by atoms with Gasteiger partial charge >= 0.3 is 0 Å². The highest BCUT2D eigenvalue weighted by Gasteiger charge is 2.06. The zero-order valence-corrected chi connectivity index (χ0v) is 17.5. The predicted molar refractivity (Wildman–Crippen MR) is 115 cm³/mol. The molecular weight excluding hydrogens is 342 g/mol. The molecule has 0 fully saturated rings. The molecule has 2 aromatic heterocycles. The Morgan fingerprint density at radius 2 is 1.28 bits per heavy atom. The molecule has 0 saturated heterocycles. The van der Waals surface area contributed by atoms with E-state index in [0.717, 1.165) is 35.4 Å². The van der Waals surface area contributed by atoms with E-state index in [1.54, 1.807) is 0 Å². The minimum Gasteiger partial charge on any atom is -0.261 e. The van der Waals surface area contributed by atoms with Crippen LogP contribution in [-0.4, -0.2) is 27.7 Å². The van der Waals surface area contributed by atoms with Gasteiger partial charge < -0.3 is 0 Å². The molecule has 136 valence electrons. The van der Waals surface area contributed by atoms with Gasteiger partial charge in [-0.05, 0) is 86.9 Å². The molecule has 2 aromatic rings. The lowest BCUT2D eigenvalue weighted by molar-refractivity contribution is 0.778. The molecule has 0 aliphatic heterocycles. The smallest absolute Gasteiger partial charge is 0.0403 e. The fourth-order valence-corrected chi connectivity index (χ4v) is 6.49. The summed E-state index contributed by atoms with van der Waals surface area (Å²) < 4.78 is 0. The number of hydrogen-bond donors (Lipinski definition) is 0. The highest BCUT2D eigenvalue weighted by atomic mass is 31.1. The summed E-state index contributed by atoms with van der Waals surface area (Å²) in [6, 6.07) is 12.5. The molecule has 0 spiro atoms. The summed E-state index contributed by atoms with van der Waals surface area (Å²) in [7, 11) is 2.31. The summed E-state index contributed by atoms with van der Waals surface area (Å²) in [5.74, 6) is 0. The number of aromatic nitrogens is 2. The molecule has 0 aliphatic rings. The Balaban J connectivity index is 1.47. The fraction of sp³-hybridized carbons (Fsp3) is 0.524. The van der Waals surface area contributed by atoms with Crippen LogP contribution in [0.5, 0.6) is 0 Å². The summed E-state index contributed by atoms with van der Waals surface area (Å²) in [6.07, 6.45) is 15.5. The van der Waals surface area contributed by atoms with Gasteiger partial charge in [0.15, 0.2) is 0 Å². The van der Waals surface area contributed by atoms with Crippen molar-refractivity contribution in [2.24, 2.45) is 0 Å². The Hall–Kier alpha value is -0.840. The lowest BCUT2D eigenvalue weighted by Crippen LogP contribution is -1.96. The second-order valence-electron chi connectivity index (χ2n) is 6.43. The first-order valence-electron chi connectivity index (χ1n) is 9.65. The highest BCUT2D eigenvalue weighted by molar-refractivity contribution is 7.57. The molecule has 2 atom stereocenters. The SMILES string of the molecule is CCC(PCCCCc1ccccn1)PCCCCc1ccccn1. The van der Waals surface area contributed by atoms with Crippen LogP contribution in [-0.2, 0) is 12.8 Å². The second-order valence-corrected chi connectivity index (χ2v) is 10.2. The summed E-state index contributed by atoms with van der Waals surface area (Å²) in [4.78, 5) is 8.81. The van der Waals surface area contributed by atoms with Crippen LogP contribution in [0.25, 0.3) is 0 Å². The topological polar surface area (TPSA) is 25.8 Å². The monoisotopic (exact) mass is 374 g/mol. The molecule has 0 bridgehead atoms. The van der Waals surface area contributed by atoms with Gasteiger partial charge in [0.05, 0.1) is 0 Å². The number of aryl methyl sites for hydroxylation is 2. The Bertz CT molecular complexity index is 499. The van der Waals surface area contributed by atoms with E-state index >= 15 is 0 Å². The van der Waals surface area contributed by atoms with Gasteiger partial charge in [-0.1, -0.05) is 19.1 Å². The van der Waals surface area contributed by atoms with Gasteiger partial charge in [0, 0.05) is 23.8 Å². The van der Waals surface area contributed by atoms with E-state index in [2.05, 4.69) is 41.2 Å². The molecule has 2 rings (SSSR count). The predicted octanol–water partition coefficient (Wildman–Crippen LogP) is 5.92. The van der Waals surface area contributed by atoms with Crippen molar-refractivity contribution in [3.63, 3.8) is 0 Å². The van der Waals surface area contributed by atoms with E-state index < -0.39 is 0 Å². The average molecular weight is 374 g/mol. The van der Waals surface area contributed by atoms with Gasteiger partial charge in [-0.15, -0.1) is 17.2 Å². The van der Waals surface area contributed by atoms with Crippen LogP contribution in [0.2, 0.25) is 0 Å². The molecule has 25 heavy (non-hydrogen) atoms. The lowest BCUT2D eigenvalue weighted by atomic mass is 10.2. The van der Waals surface area contributed by atoms with Crippen molar-refractivity contribution in [1.29, 1.82) is 0 Å². The minimum atomic E-state index is 0.977. The van der Waals surface area contributed by atoms with Gasteiger partial charge in [0.2, 0.25) is 0 Å². The van der Waals surface area contributed by atoms with Crippen LogP contribution < -0.4 is 0 Å². The summed E-state index contributed by atoms with van der Waals surface area (Å²) in [5, 5.41) is 0.977. The quantitative estimate of drug-likeness (QED) is 0.321. The Morgan fingerprint density at radius 1 is 0.760 bits per heavy atom. The van der Waals surface area contributed by atoms with Crippen LogP contribution in [0.4, 0.5) is 0 Å². The fourth-order valence-electron chi connectivity index (χ4n) is 2.87. The summed E-state index contributed by atoms with van der Waals surface area (Å²) in [6.45, 7) is 2.37. The Morgan fingerprint density at radius 3 is 1.68 bits per heavy atom. The molecule has 2 heterocycles. The molecular formula is C21H32N2P2. The van der Waals surface area contributed by atoms with Crippen LogP contribution in [0.3, 0.4) is 0 Å². The minimum absolute atomic E-state index is 0.977. The molecule has 0 aliphatic carbocycles. The number of pyridine rings is 2. The summed E-state index contributed by atoms with van der Waals surface area (Å²) in [5.41, 5.74) is 2.49. The van der Waals surface area contributed by atoms with Gasteiger partial charge in [-0.25, -0.2) is 0 Å². The number of nitrogens with zero attached hydrogens (tertiary/aromatic N) is 2. The van der Waals surface area contributed by atoms with Crippen LogP contribution in [0.15, 0.2) is 48.8 Å². The van der Waals surface area contributed by atoms with E-state index in [1.807, 2.05) is 24.5 Å². The third-order valence-corrected chi connectivity index (χ3v) is 8.67. The normalized spacial score (nSPS) is 13.2. The zero-order valence-electron chi connectivity index (χ0n) is 15.5. The lowest BCUT2D eigenvalue weighted by Gasteiger charge is -2.15. The molecule has 0 amide bonds. The first-order valence-corrected chi connectivity index (χ1v) is 12.2. The van der Waals surface area contributed by atoms with Crippen LogP contribution >= 0.6 is 17.2 Å². The third kappa shape index (κ3) is 9.43. The number of unbranched alkanes of at least 4 members (excludes halogenated alkanes) is 2. The molecule has 4 heteroatoms. The first kappa shape index (κ1) is 20.5. The molecule has 0 radical (unpaired) electrons. The largest absolute Gasteiger partial charge is 0.261 e. The van der Waals surface area contributed by atoms with Crippen LogP contribution in [0, 0.1) is 0 Å². The van der Waals surface area contributed by atoms with E-state index in [1.165, 1.54) is 55.8 Å². The van der Waals surface area contributed by atoms with Gasteiger partial charge in [-0.3, -0.25) is 9.97 Å². The molecule has 2 nitrogen and oxygen atoms in total. The van der Waals surface area contributed by atoms with Crippen molar-refractivity contribution >= 4 is 17.2 Å². The van der Waals surface area contributed by atoms with Crippen molar-refractivity contribution < 1.29 is 0 Å². The van der Waals surface area contributed by atoms with E-state index in [4.69, 9.17) is 0 Å². The maximum atomic E-state index is 4.41. The number of rotatable bonds is 13.